The van der Waals surface area contributed by atoms with Crippen LogP contribution in [0.5, 0.6) is 0 Å². The highest BCUT2D eigenvalue weighted by Crippen LogP contribution is 2.30. The van der Waals surface area contributed by atoms with Crippen LogP contribution in [0.4, 0.5) is 0 Å². The number of hydrogen-bond donors (Lipinski definition) is 3. The number of carbonyl (C=O) groups excluding carboxylic acids is 2. The van der Waals surface area contributed by atoms with Crippen molar-refractivity contribution >= 4 is 28.4 Å². The molecule has 0 aromatic heterocycles. The molecule has 0 spiro atoms. The first-order valence-electron chi connectivity index (χ1n) is 11.4. The minimum absolute atomic E-state index is 0.0773. The lowest BCUT2D eigenvalue weighted by Gasteiger charge is -2.29. The molecule has 0 bridgehead atoms. The zero-order chi connectivity index (χ0) is 23.1. The highest BCUT2D eigenvalue weighted by molar-refractivity contribution is 5.89. The first-order valence-corrected chi connectivity index (χ1v) is 11.4. The van der Waals surface area contributed by atoms with Gasteiger partial charge < -0.3 is 21.5 Å². The van der Waals surface area contributed by atoms with Gasteiger partial charge in [0.25, 0.3) is 0 Å². The van der Waals surface area contributed by atoms with Crippen LogP contribution in [0.3, 0.4) is 0 Å². The molecule has 1 saturated heterocycles. The van der Waals surface area contributed by atoms with Crippen molar-refractivity contribution < 1.29 is 19.5 Å². The molecule has 1 amide bonds. The maximum absolute atomic E-state index is 13.0. The van der Waals surface area contributed by atoms with Crippen LogP contribution < -0.4 is 11.5 Å². The normalized spacial score (nSPS) is 19.4. The maximum Gasteiger partial charge on any atom is 0.304 e. The van der Waals surface area contributed by atoms with Gasteiger partial charge in [-0.3, -0.25) is 14.4 Å². The SMILES string of the molecule is NCCCCCC(=O)C(N)[C@@H]1C[C@@H](CC(=O)O)C(=O)N1CCc1ccc2ccccc2c1. The zero-order valence-electron chi connectivity index (χ0n) is 18.4. The van der Waals surface area contributed by atoms with Crippen molar-refractivity contribution in [3.63, 3.8) is 0 Å². The van der Waals surface area contributed by atoms with Crippen LogP contribution in [0.1, 0.15) is 44.1 Å². The van der Waals surface area contributed by atoms with E-state index in [1.165, 1.54) is 0 Å². The Balaban J connectivity index is 1.70. The summed E-state index contributed by atoms with van der Waals surface area (Å²) in [6.07, 6.45) is 3.49. The standard InChI is InChI=1S/C25H33N3O4/c26-12-5-1-2-8-22(29)24(27)21-15-20(16-23(30)31)25(32)28(21)13-11-17-9-10-18-6-3-4-7-19(18)14-17/h3-4,6-7,9-10,14,20-21,24H,1-2,5,8,11-13,15-16,26-27H2,(H,30,31)/t20-,21-,24?/m0/s1. The number of likely N-dealkylation sites (tertiary alicyclic amines) is 1. The second-order valence-corrected chi connectivity index (χ2v) is 8.65. The van der Waals surface area contributed by atoms with E-state index < -0.39 is 24.0 Å². The number of rotatable bonds is 12. The first kappa shape index (κ1) is 23.9. The second-order valence-electron chi connectivity index (χ2n) is 8.65. The van der Waals surface area contributed by atoms with E-state index in [0.29, 0.717) is 32.4 Å². The first-order chi connectivity index (χ1) is 15.4. The van der Waals surface area contributed by atoms with Crippen LogP contribution in [-0.2, 0) is 20.8 Å². The highest BCUT2D eigenvalue weighted by atomic mass is 16.4. The Labute approximate surface area is 188 Å². The van der Waals surface area contributed by atoms with Crippen LogP contribution in [0.15, 0.2) is 42.5 Å². The number of nitrogens with two attached hydrogens (primary N) is 2. The molecule has 2 aromatic rings. The lowest BCUT2D eigenvalue weighted by molar-refractivity contribution is -0.142. The fraction of sp³-hybridized carbons (Fsp3) is 0.480. The number of carboxylic acid groups (broad SMARTS) is 1. The number of amides is 1. The fourth-order valence-electron chi connectivity index (χ4n) is 4.56. The molecule has 1 aliphatic heterocycles. The quantitative estimate of drug-likeness (QED) is 0.436. The van der Waals surface area contributed by atoms with Crippen molar-refractivity contribution in [1.29, 1.82) is 0 Å². The summed E-state index contributed by atoms with van der Waals surface area (Å²) in [4.78, 5) is 38.6. The van der Waals surface area contributed by atoms with Crippen molar-refractivity contribution in [2.45, 2.75) is 57.0 Å². The second kappa shape index (κ2) is 11.2. The van der Waals surface area contributed by atoms with Crippen LogP contribution in [-0.4, -0.2) is 52.8 Å². The molecule has 7 heteroatoms. The van der Waals surface area contributed by atoms with E-state index in [0.717, 1.165) is 35.6 Å². The number of hydrogen-bond acceptors (Lipinski definition) is 5. The number of unbranched alkanes of at least 4 members (excludes halogenated alkanes) is 2. The summed E-state index contributed by atoms with van der Waals surface area (Å²) in [6.45, 7) is 1.00. The molecule has 3 rings (SSSR count). The van der Waals surface area contributed by atoms with E-state index in [1.807, 2.05) is 30.3 Å². The van der Waals surface area contributed by atoms with Crippen LogP contribution in [0.2, 0.25) is 0 Å². The Hall–Kier alpha value is -2.77. The molecule has 1 unspecified atom stereocenters. The summed E-state index contributed by atoms with van der Waals surface area (Å²) in [5, 5.41) is 11.5. The molecule has 1 aliphatic rings. The average molecular weight is 440 g/mol. The number of ketones is 1. The van der Waals surface area contributed by atoms with Gasteiger partial charge in [-0.1, -0.05) is 48.9 Å². The Morgan fingerprint density at radius 2 is 1.84 bits per heavy atom. The summed E-state index contributed by atoms with van der Waals surface area (Å²) >= 11 is 0. The van der Waals surface area contributed by atoms with Crippen molar-refractivity contribution in [3.05, 3.63) is 48.0 Å². The Morgan fingerprint density at radius 3 is 2.56 bits per heavy atom. The van der Waals surface area contributed by atoms with E-state index in [9.17, 15) is 19.5 Å². The highest BCUT2D eigenvalue weighted by Gasteiger charge is 2.44. The van der Waals surface area contributed by atoms with Gasteiger partial charge in [0.05, 0.1) is 24.4 Å². The molecule has 3 atom stereocenters. The van der Waals surface area contributed by atoms with E-state index in [1.54, 1.807) is 4.90 Å². The summed E-state index contributed by atoms with van der Waals surface area (Å²) < 4.78 is 0. The Bertz CT molecular complexity index is 961. The molecule has 0 saturated carbocycles. The molecule has 0 aliphatic carbocycles. The van der Waals surface area contributed by atoms with Gasteiger partial charge in [0, 0.05) is 13.0 Å². The van der Waals surface area contributed by atoms with E-state index in [2.05, 4.69) is 12.1 Å². The lowest BCUT2D eigenvalue weighted by atomic mass is 9.94. The molecular formula is C25H33N3O4. The third-order valence-electron chi connectivity index (χ3n) is 6.35. The third-order valence-corrected chi connectivity index (χ3v) is 6.35. The maximum atomic E-state index is 13.0. The van der Waals surface area contributed by atoms with Gasteiger partial charge in [0.15, 0.2) is 5.78 Å². The molecule has 2 aromatic carbocycles. The minimum Gasteiger partial charge on any atom is -0.481 e. The largest absolute Gasteiger partial charge is 0.481 e. The van der Waals surface area contributed by atoms with Crippen molar-refractivity contribution in [3.8, 4) is 0 Å². The monoisotopic (exact) mass is 439 g/mol. The van der Waals surface area contributed by atoms with Crippen molar-refractivity contribution in [2.75, 3.05) is 13.1 Å². The van der Waals surface area contributed by atoms with Gasteiger partial charge in [-0.25, -0.2) is 0 Å². The zero-order valence-corrected chi connectivity index (χ0v) is 18.4. The molecular weight excluding hydrogens is 406 g/mol. The minimum atomic E-state index is -1.01. The number of benzene rings is 2. The Kier molecular flexibility index (Phi) is 8.36. The van der Waals surface area contributed by atoms with Gasteiger partial charge in [-0.15, -0.1) is 0 Å². The van der Waals surface area contributed by atoms with Gasteiger partial charge in [0.2, 0.25) is 5.91 Å². The van der Waals surface area contributed by atoms with Crippen LogP contribution >= 0.6 is 0 Å². The third kappa shape index (κ3) is 5.93. The molecule has 32 heavy (non-hydrogen) atoms. The number of fused-ring (bicyclic) bond motifs is 1. The molecule has 5 N–H and O–H groups in total. The van der Waals surface area contributed by atoms with E-state index in [4.69, 9.17) is 11.5 Å². The molecule has 0 radical (unpaired) electrons. The smallest absolute Gasteiger partial charge is 0.304 e. The molecule has 1 heterocycles. The summed E-state index contributed by atoms with van der Waals surface area (Å²) in [7, 11) is 0. The summed E-state index contributed by atoms with van der Waals surface area (Å²) in [5.74, 6) is -1.94. The van der Waals surface area contributed by atoms with Crippen molar-refractivity contribution in [2.24, 2.45) is 17.4 Å². The predicted molar refractivity (Wildman–Crippen MR) is 124 cm³/mol. The topological polar surface area (TPSA) is 127 Å². The number of carboxylic acids is 1. The van der Waals surface area contributed by atoms with E-state index >= 15 is 0 Å². The molecule has 172 valence electrons. The predicted octanol–water partition coefficient (Wildman–Crippen LogP) is 2.49. The number of nitrogens with zero attached hydrogens (tertiary/aromatic N) is 1. The van der Waals surface area contributed by atoms with Gasteiger partial charge in [-0.2, -0.15) is 0 Å². The average Bonchev–Trinajstić information content (AvgIpc) is 3.09. The lowest BCUT2D eigenvalue weighted by Crippen LogP contribution is -2.50. The molecule has 1 fully saturated rings. The van der Waals surface area contributed by atoms with E-state index in [-0.39, 0.29) is 18.1 Å². The van der Waals surface area contributed by atoms with Gasteiger partial charge >= 0.3 is 5.97 Å². The van der Waals surface area contributed by atoms with Crippen LogP contribution in [0.25, 0.3) is 10.8 Å². The van der Waals surface area contributed by atoms with Gasteiger partial charge in [0.1, 0.15) is 0 Å². The number of carbonyl (C=O) groups is 3. The fourth-order valence-corrected chi connectivity index (χ4v) is 4.56. The summed E-state index contributed by atoms with van der Waals surface area (Å²) in [5.41, 5.74) is 12.9. The van der Waals surface area contributed by atoms with Crippen molar-refractivity contribution in [1.82, 2.24) is 4.90 Å². The number of aliphatic carboxylic acids is 1. The number of Topliss-reactive ketones (excluding diaryl/α,β-unsaturated/α-hetero) is 1. The Morgan fingerprint density at radius 1 is 1.09 bits per heavy atom. The van der Waals surface area contributed by atoms with Crippen LogP contribution in [0, 0.1) is 5.92 Å². The van der Waals surface area contributed by atoms with Gasteiger partial charge in [-0.05, 0) is 48.6 Å². The summed E-state index contributed by atoms with van der Waals surface area (Å²) in [6, 6.07) is 13.0. The molecule has 7 nitrogen and oxygen atoms in total.